The van der Waals surface area contributed by atoms with Gasteiger partial charge in [-0.05, 0) is 19.1 Å². The maximum absolute atomic E-state index is 12.2. The molecule has 5 heteroatoms. The second-order valence-corrected chi connectivity index (χ2v) is 4.32. The number of ether oxygens (including phenoxy) is 1. The number of aliphatic hydroxyl groups is 1. The summed E-state index contributed by atoms with van der Waals surface area (Å²) in [6, 6.07) is 3.39. The molecule has 1 fully saturated rings. The van der Waals surface area contributed by atoms with Crippen molar-refractivity contribution in [3.8, 4) is 11.8 Å². The molecule has 0 aliphatic carbocycles. The summed E-state index contributed by atoms with van der Waals surface area (Å²) >= 11 is 0. The van der Waals surface area contributed by atoms with E-state index >= 15 is 0 Å². The van der Waals surface area contributed by atoms with E-state index in [0.717, 1.165) is 0 Å². The Labute approximate surface area is 112 Å². The third-order valence-electron chi connectivity index (χ3n) is 2.82. The van der Waals surface area contributed by atoms with Crippen LogP contribution in [0, 0.1) is 11.8 Å². The number of morpholine rings is 1. The number of rotatable bonds is 1. The van der Waals surface area contributed by atoms with Crippen LogP contribution in [0.4, 0.5) is 0 Å². The molecule has 1 N–H and O–H groups in total. The third kappa shape index (κ3) is 3.53. The van der Waals surface area contributed by atoms with Crippen molar-refractivity contribution in [2.75, 3.05) is 26.3 Å². The van der Waals surface area contributed by atoms with Crippen LogP contribution in [-0.2, 0) is 4.74 Å². The lowest BCUT2D eigenvalue weighted by molar-refractivity contribution is -0.0126. The first kappa shape index (κ1) is 13.5. The highest BCUT2D eigenvalue weighted by molar-refractivity contribution is 5.92. The second kappa shape index (κ2) is 6.32. The first-order chi connectivity index (χ1) is 9.20. The van der Waals surface area contributed by atoms with Crippen molar-refractivity contribution < 1.29 is 14.6 Å². The van der Waals surface area contributed by atoms with Gasteiger partial charge in [0.15, 0.2) is 0 Å². The molecular weight excluding hydrogens is 244 g/mol. The lowest BCUT2D eigenvalue weighted by atomic mass is 10.2. The monoisotopic (exact) mass is 260 g/mol. The van der Waals surface area contributed by atoms with Gasteiger partial charge in [0, 0.05) is 24.8 Å². The molecule has 1 saturated heterocycles. The molecule has 1 amide bonds. The van der Waals surface area contributed by atoms with Crippen molar-refractivity contribution in [3.63, 3.8) is 0 Å². The van der Waals surface area contributed by atoms with Crippen LogP contribution < -0.4 is 0 Å². The molecule has 0 spiro atoms. The maximum atomic E-state index is 12.2. The van der Waals surface area contributed by atoms with Gasteiger partial charge < -0.3 is 14.7 Å². The lowest BCUT2D eigenvalue weighted by Crippen LogP contribution is -2.44. The molecule has 0 saturated carbocycles. The number of aromatic nitrogens is 1. The van der Waals surface area contributed by atoms with E-state index in [4.69, 9.17) is 9.84 Å². The summed E-state index contributed by atoms with van der Waals surface area (Å²) in [6.07, 6.45) is 1.60. The Morgan fingerprint density at radius 3 is 3.11 bits per heavy atom. The predicted octanol–water partition coefficient (Wildman–Crippen LogP) is 0.286. The van der Waals surface area contributed by atoms with Crippen molar-refractivity contribution in [1.29, 1.82) is 0 Å². The Kier molecular flexibility index (Phi) is 4.50. The molecule has 1 aromatic rings. The zero-order valence-corrected chi connectivity index (χ0v) is 10.8. The van der Waals surface area contributed by atoms with Gasteiger partial charge in [-0.3, -0.25) is 4.79 Å². The number of carbonyl (C=O) groups is 1. The molecule has 1 unspecified atom stereocenters. The van der Waals surface area contributed by atoms with Gasteiger partial charge in [-0.25, -0.2) is 4.98 Å². The molecule has 0 aromatic carbocycles. The number of pyridine rings is 1. The van der Waals surface area contributed by atoms with Crippen molar-refractivity contribution >= 4 is 5.91 Å². The summed E-state index contributed by atoms with van der Waals surface area (Å²) in [6.45, 7) is 3.50. The maximum Gasteiger partial charge on any atom is 0.272 e. The third-order valence-corrected chi connectivity index (χ3v) is 2.82. The molecule has 1 atom stereocenters. The Hall–Kier alpha value is -1.90. The van der Waals surface area contributed by atoms with Gasteiger partial charge in [0.25, 0.3) is 5.91 Å². The minimum Gasteiger partial charge on any atom is -0.384 e. The smallest absolute Gasteiger partial charge is 0.272 e. The molecule has 0 bridgehead atoms. The number of amides is 1. The largest absolute Gasteiger partial charge is 0.384 e. The van der Waals surface area contributed by atoms with E-state index in [0.29, 0.717) is 31.0 Å². The molecule has 5 nitrogen and oxygen atoms in total. The average Bonchev–Trinajstić information content (AvgIpc) is 2.45. The van der Waals surface area contributed by atoms with Crippen LogP contribution in [0.2, 0.25) is 0 Å². The lowest BCUT2D eigenvalue weighted by Gasteiger charge is -2.30. The number of hydrogen-bond acceptors (Lipinski definition) is 4. The fraction of sp³-hybridized carbons (Fsp3) is 0.429. The van der Waals surface area contributed by atoms with E-state index in [1.165, 1.54) is 0 Å². The number of aliphatic hydroxyl groups excluding tert-OH is 1. The van der Waals surface area contributed by atoms with Gasteiger partial charge >= 0.3 is 0 Å². The van der Waals surface area contributed by atoms with Crippen molar-refractivity contribution in [3.05, 3.63) is 29.6 Å². The quantitative estimate of drug-likeness (QED) is 0.737. The van der Waals surface area contributed by atoms with Gasteiger partial charge in [0.2, 0.25) is 0 Å². The van der Waals surface area contributed by atoms with Gasteiger partial charge in [-0.1, -0.05) is 11.8 Å². The summed E-state index contributed by atoms with van der Waals surface area (Å²) in [7, 11) is 0. The summed E-state index contributed by atoms with van der Waals surface area (Å²) in [5, 5.41) is 8.60. The van der Waals surface area contributed by atoms with E-state index in [1.54, 1.807) is 23.2 Å². The van der Waals surface area contributed by atoms with Gasteiger partial charge in [0.05, 0.1) is 12.7 Å². The Morgan fingerprint density at radius 1 is 1.63 bits per heavy atom. The normalized spacial score (nSPS) is 18.6. The molecule has 2 heterocycles. The van der Waals surface area contributed by atoms with Crippen LogP contribution in [0.5, 0.6) is 0 Å². The molecule has 1 aromatic heterocycles. The molecule has 19 heavy (non-hydrogen) atoms. The predicted molar refractivity (Wildman–Crippen MR) is 69.5 cm³/mol. The Morgan fingerprint density at radius 2 is 2.47 bits per heavy atom. The van der Waals surface area contributed by atoms with Crippen LogP contribution >= 0.6 is 0 Å². The van der Waals surface area contributed by atoms with Crippen molar-refractivity contribution in [1.82, 2.24) is 9.88 Å². The molecule has 0 radical (unpaired) electrons. The molecule has 1 aliphatic heterocycles. The molecule has 100 valence electrons. The first-order valence-corrected chi connectivity index (χ1v) is 6.17. The highest BCUT2D eigenvalue weighted by atomic mass is 16.5. The summed E-state index contributed by atoms with van der Waals surface area (Å²) in [4.78, 5) is 18.1. The van der Waals surface area contributed by atoms with Gasteiger partial charge in [0.1, 0.15) is 12.3 Å². The highest BCUT2D eigenvalue weighted by Gasteiger charge is 2.22. The molecule has 2 rings (SSSR count). The zero-order valence-electron chi connectivity index (χ0n) is 10.8. The minimum absolute atomic E-state index is 0.0624. The van der Waals surface area contributed by atoms with E-state index in [9.17, 15) is 4.79 Å². The van der Waals surface area contributed by atoms with Crippen molar-refractivity contribution in [2.45, 2.75) is 13.0 Å². The topological polar surface area (TPSA) is 62.7 Å². The summed E-state index contributed by atoms with van der Waals surface area (Å²) in [5.41, 5.74) is 1.09. The summed E-state index contributed by atoms with van der Waals surface area (Å²) < 4.78 is 5.40. The van der Waals surface area contributed by atoms with Gasteiger partial charge in [-0.15, -0.1) is 0 Å². The van der Waals surface area contributed by atoms with Crippen LogP contribution in [0.3, 0.4) is 0 Å². The van der Waals surface area contributed by atoms with Crippen LogP contribution in [0.1, 0.15) is 23.0 Å². The highest BCUT2D eigenvalue weighted by Crippen LogP contribution is 2.09. The first-order valence-electron chi connectivity index (χ1n) is 6.17. The van der Waals surface area contributed by atoms with E-state index in [-0.39, 0.29) is 18.6 Å². The fourth-order valence-electron chi connectivity index (χ4n) is 1.90. The van der Waals surface area contributed by atoms with Gasteiger partial charge in [-0.2, -0.15) is 0 Å². The standard InChI is InChI=1S/C14H16N2O3/c1-11-10-16(6-8-19-11)14(18)13-5-4-12(9-15-13)3-2-7-17/h4-5,9,11,17H,6-8,10H2,1H3. The zero-order chi connectivity index (χ0) is 13.7. The number of hydrogen-bond donors (Lipinski definition) is 1. The van der Waals surface area contributed by atoms with Crippen LogP contribution in [0.25, 0.3) is 0 Å². The SMILES string of the molecule is CC1CN(C(=O)c2ccc(C#CCO)cn2)CCO1. The Bertz CT molecular complexity index is 502. The van der Waals surface area contributed by atoms with Crippen LogP contribution in [-0.4, -0.2) is 53.3 Å². The summed E-state index contributed by atoms with van der Waals surface area (Å²) in [5.74, 6) is 5.19. The molecular formula is C14H16N2O3. The van der Waals surface area contributed by atoms with E-state index in [2.05, 4.69) is 16.8 Å². The number of nitrogens with zero attached hydrogens (tertiary/aromatic N) is 2. The number of carbonyl (C=O) groups excluding carboxylic acids is 1. The fourth-order valence-corrected chi connectivity index (χ4v) is 1.90. The minimum atomic E-state index is -0.188. The average molecular weight is 260 g/mol. The van der Waals surface area contributed by atoms with E-state index < -0.39 is 0 Å². The second-order valence-electron chi connectivity index (χ2n) is 4.32. The van der Waals surface area contributed by atoms with Crippen LogP contribution in [0.15, 0.2) is 18.3 Å². The molecule has 1 aliphatic rings. The van der Waals surface area contributed by atoms with Crippen molar-refractivity contribution in [2.24, 2.45) is 0 Å². The Balaban J connectivity index is 2.07. The van der Waals surface area contributed by atoms with E-state index in [1.807, 2.05) is 6.92 Å².